The van der Waals surface area contributed by atoms with Crippen LogP contribution in [0.25, 0.3) is 0 Å². The molecule has 0 aromatic carbocycles. The Balaban J connectivity index is 1.56. The van der Waals surface area contributed by atoms with Crippen LogP contribution in [0.2, 0.25) is 0 Å². The Bertz CT molecular complexity index is 692. The molecule has 1 saturated carbocycles. The van der Waals surface area contributed by atoms with Crippen LogP contribution in [-0.4, -0.2) is 53.7 Å². The summed E-state index contributed by atoms with van der Waals surface area (Å²) in [6, 6.07) is 2.31. The zero-order valence-electron chi connectivity index (χ0n) is 15.2. The Morgan fingerprint density at radius 3 is 2.76 bits per heavy atom. The highest BCUT2D eigenvalue weighted by molar-refractivity contribution is 9.10. The monoisotopic (exact) mass is 407 g/mol. The molecule has 5 nitrogen and oxygen atoms in total. The van der Waals surface area contributed by atoms with Gasteiger partial charge in [-0.1, -0.05) is 0 Å². The number of rotatable bonds is 2. The summed E-state index contributed by atoms with van der Waals surface area (Å²) >= 11 is 3.51. The van der Waals surface area contributed by atoms with Crippen molar-refractivity contribution in [3.05, 3.63) is 22.4 Å². The van der Waals surface area contributed by atoms with Crippen LogP contribution in [0.3, 0.4) is 0 Å². The summed E-state index contributed by atoms with van der Waals surface area (Å²) in [5.74, 6) is 0.180. The van der Waals surface area contributed by atoms with Crippen molar-refractivity contribution in [3.8, 4) is 0 Å². The first-order chi connectivity index (χ1) is 11.8. The van der Waals surface area contributed by atoms with Crippen LogP contribution in [0, 0.1) is 0 Å². The number of anilines is 1. The predicted molar refractivity (Wildman–Crippen MR) is 101 cm³/mol. The molecule has 1 aromatic rings. The van der Waals surface area contributed by atoms with Crippen molar-refractivity contribution in [1.82, 2.24) is 9.88 Å². The number of pyridine rings is 1. The average Bonchev–Trinajstić information content (AvgIpc) is 2.75. The number of amides is 1. The van der Waals surface area contributed by atoms with Crippen molar-refractivity contribution in [2.75, 3.05) is 31.2 Å². The lowest BCUT2D eigenvalue weighted by atomic mass is 9.71. The molecule has 1 saturated heterocycles. The number of hydrogen-bond donors (Lipinski definition) is 0. The molecule has 6 heteroatoms. The molecule has 0 spiro atoms. The predicted octanol–water partition coefficient (Wildman–Crippen LogP) is 3.11. The van der Waals surface area contributed by atoms with E-state index in [9.17, 15) is 4.79 Å². The van der Waals surface area contributed by atoms with E-state index in [1.165, 1.54) is 0 Å². The van der Waals surface area contributed by atoms with Gasteiger partial charge in [-0.2, -0.15) is 0 Å². The van der Waals surface area contributed by atoms with E-state index >= 15 is 0 Å². The maximum Gasteiger partial charge on any atom is 0.239 e. The fourth-order valence-corrected chi connectivity index (χ4v) is 4.97. The van der Waals surface area contributed by atoms with E-state index in [2.05, 4.69) is 32.7 Å². The smallest absolute Gasteiger partial charge is 0.239 e. The van der Waals surface area contributed by atoms with Gasteiger partial charge in [0.2, 0.25) is 5.91 Å². The lowest BCUT2D eigenvalue weighted by molar-refractivity contribution is -0.123. The first kappa shape index (κ1) is 17.4. The number of hydrogen-bond acceptors (Lipinski definition) is 4. The van der Waals surface area contributed by atoms with Gasteiger partial charge in [-0.05, 0) is 62.0 Å². The molecule has 0 N–H and O–H groups in total. The van der Waals surface area contributed by atoms with Gasteiger partial charge in [0.25, 0.3) is 0 Å². The molecule has 1 aromatic heterocycles. The van der Waals surface area contributed by atoms with E-state index in [4.69, 9.17) is 4.74 Å². The third kappa shape index (κ3) is 2.73. The molecule has 0 atom stereocenters. The van der Waals surface area contributed by atoms with Gasteiger partial charge >= 0.3 is 0 Å². The van der Waals surface area contributed by atoms with E-state index in [0.29, 0.717) is 0 Å². The summed E-state index contributed by atoms with van der Waals surface area (Å²) < 4.78 is 6.52. The topological polar surface area (TPSA) is 45.7 Å². The molecule has 2 fully saturated rings. The van der Waals surface area contributed by atoms with Gasteiger partial charge in [0.15, 0.2) is 0 Å². The lowest BCUT2D eigenvalue weighted by Crippen LogP contribution is -2.63. The summed E-state index contributed by atoms with van der Waals surface area (Å²) in [6.45, 7) is 10.1. The van der Waals surface area contributed by atoms with E-state index in [-0.39, 0.29) is 17.5 Å². The molecule has 3 heterocycles. The number of nitrogens with zero attached hydrogens (tertiary/aromatic N) is 3. The Hall–Kier alpha value is -0.980. The lowest BCUT2D eigenvalue weighted by Gasteiger charge is -2.54. The Labute approximate surface area is 157 Å². The zero-order chi connectivity index (χ0) is 17.8. The average molecular weight is 408 g/mol. The number of aromatic nitrogens is 1. The van der Waals surface area contributed by atoms with E-state index in [1.54, 1.807) is 6.20 Å². The van der Waals surface area contributed by atoms with Gasteiger partial charge in [-0.25, -0.2) is 0 Å². The Kier molecular flexibility index (Phi) is 4.21. The van der Waals surface area contributed by atoms with Crippen molar-refractivity contribution in [1.29, 1.82) is 0 Å². The van der Waals surface area contributed by atoms with Crippen LogP contribution >= 0.6 is 15.9 Å². The molecule has 1 amide bonds. The fourth-order valence-electron chi connectivity index (χ4n) is 4.65. The Morgan fingerprint density at radius 1 is 1.24 bits per heavy atom. The quantitative estimate of drug-likeness (QED) is 0.755. The van der Waals surface area contributed by atoms with Gasteiger partial charge < -0.3 is 9.64 Å². The van der Waals surface area contributed by atoms with Gasteiger partial charge in [0, 0.05) is 41.9 Å². The molecule has 3 aliphatic rings. The second kappa shape index (κ2) is 6.03. The highest BCUT2D eigenvalue weighted by atomic mass is 79.9. The van der Waals surface area contributed by atoms with Crippen molar-refractivity contribution in [3.63, 3.8) is 0 Å². The van der Waals surface area contributed by atoms with Gasteiger partial charge in [0.1, 0.15) is 0 Å². The van der Waals surface area contributed by atoms with Crippen molar-refractivity contribution < 1.29 is 9.53 Å². The minimum atomic E-state index is -0.543. The van der Waals surface area contributed by atoms with Crippen LogP contribution in [0.4, 0.5) is 5.69 Å². The van der Waals surface area contributed by atoms with Crippen molar-refractivity contribution >= 4 is 27.5 Å². The molecule has 0 radical (unpaired) electrons. The molecule has 0 unspecified atom stereocenters. The third-order valence-corrected chi connectivity index (χ3v) is 6.57. The molecular formula is C19H26BrN3O2. The van der Waals surface area contributed by atoms with Crippen LogP contribution in [0.5, 0.6) is 0 Å². The van der Waals surface area contributed by atoms with Crippen LogP contribution in [0.1, 0.15) is 45.7 Å². The zero-order valence-corrected chi connectivity index (χ0v) is 16.8. The van der Waals surface area contributed by atoms with E-state index in [1.807, 2.05) is 24.8 Å². The summed E-state index contributed by atoms with van der Waals surface area (Å²) in [5, 5.41) is 0. The van der Waals surface area contributed by atoms with Crippen LogP contribution < -0.4 is 4.90 Å². The van der Waals surface area contributed by atoms with Gasteiger partial charge in [-0.3, -0.25) is 14.7 Å². The Morgan fingerprint density at radius 2 is 2.00 bits per heavy atom. The molecule has 2 aliphatic heterocycles. The largest absolute Gasteiger partial charge is 0.380 e. The summed E-state index contributed by atoms with van der Waals surface area (Å²) in [4.78, 5) is 22.2. The number of carbonyl (C=O) groups excluding carboxylic acids is 1. The number of fused-ring (bicyclic) bond motifs is 1. The summed E-state index contributed by atoms with van der Waals surface area (Å²) in [6.07, 6.45) is 4.91. The fraction of sp³-hybridized carbons (Fsp3) is 0.684. The highest BCUT2D eigenvalue weighted by Gasteiger charge is 2.54. The first-order valence-corrected chi connectivity index (χ1v) is 9.95. The summed E-state index contributed by atoms with van der Waals surface area (Å²) in [7, 11) is 0. The van der Waals surface area contributed by atoms with E-state index < -0.39 is 5.41 Å². The maximum atomic E-state index is 13.1. The molecule has 25 heavy (non-hydrogen) atoms. The standard InChI is InChI=1S/C19H26BrN3O2/c1-18(2)16-15(9-13(20)12-21-16)23(17(18)24)14-10-19(3,11-14)22-5-4-7-25-8-6-22/h9,12,14H,4-8,10-11H2,1-3H3/t14-,19+. The molecule has 136 valence electrons. The normalized spacial score (nSPS) is 32.2. The highest BCUT2D eigenvalue weighted by Crippen LogP contribution is 2.49. The summed E-state index contributed by atoms with van der Waals surface area (Å²) in [5.41, 5.74) is 1.51. The van der Waals surface area contributed by atoms with E-state index in [0.717, 1.165) is 61.4 Å². The number of halogens is 1. The minimum Gasteiger partial charge on any atom is -0.380 e. The van der Waals surface area contributed by atoms with Crippen LogP contribution in [0.15, 0.2) is 16.7 Å². The third-order valence-electron chi connectivity index (χ3n) is 6.14. The molecule has 0 bridgehead atoms. The van der Waals surface area contributed by atoms with Gasteiger partial charge in [0.05, 0.1) is 23.4 Å². The number of ether oxygens (including phenoxy) is 1. The second-order valence-electron chi connectivity index (χ2n) is 8.33. The van der Waals surface area contributed by atoms with Crippen molar-refractivity contribution in [2.24, 2.45) is 0 Å². The number of carbonyl (C=O) groups is 1. The molecule has 1 aliphatic carbocycles. The molecule has 4 rings (SSSR count). The van der Waals surface area contributed by atoms with Crippen LogP contribution in [-0.2, 0) is 14.9 Å². The van der Waals surface area contributed by atoms with Gasteiger partial charge in [-0.15, -0.1) is 0 Å². The van der Waals surface area contributed by atoms with Crippen molar-refractivity contribution in [2.45, 2.75) is 57.0 Å². The molecular weight excluding hydrogens is 382 g/mol. The second-order valence-corrected chi connectivity index (χ2v) is 9.25. The SMILES string of the molecule is CC1(C)C(=O)N([C@H]2C[C@@](C)(N3CCCOCC3)C2)c2cc(Br)cnc21. The maximum absolute atomic E-state index is 13.1. The first-order valence-electron chi connectivity index (χ1n) is 9.15. The minimum absolute atomic E-state index is 0.172.